The summed E-state index contributed by atoms with van der Waals surface area (Å²) >= 11 is 0. The SMILES string of the molecule is CCCCC[C@H]1CC[C@@H]2[C@H]3Cc4cccc(OCC(=O)OC)c4C[C@H]3C[C@H]2OC(=O)/C=C\C(=O)O1. The highest BCUT2D eigenvalue weighted by Gasteiger charge is 2.47. The van der Waals surface area contributed by atoms with Crippen molar-refractivity contribution in [2.45, 2.75) is 76.9 Å². The van der Waals surface area contributed by atoms with E-state index in [1.165, 1.54) is 24.8 Å². The number of unbranched alkanes of at least 4 members (excludes halogenated alkanes) is 2. The van der Waals surface area contributed by atoms with Gasteiger partial charge in [-0.05, 0) is 79.9 Å². The third-order valence-electron chi connectivity index (χ3n) is 7.75. The van der Waals surface area contributed by atoms with Gasteiger partial charge in [-0.2, -0.15) is 0 Å². The Labute approximate surface area is 207 Å². The molecule has 1 fully saturated rings. The number of ether oxygens (including phenoxy) is 4. The minimum atomic E-state index is -0.486. The fraction of sp³-hybridized carbons (Fsp3) is 0.607. The molecule has 190 valence electrons. The van der Waals surface area contributed by atoms with Gasteiger partial charge in [0.15, 0.2) is 6.61 Å². The summed E-state index contributed by atoms with van der Waals surface area (Å²) in [5, 5.41) is 0. The number of hydrogen-bond donors (Lipinski definition) is 0. The number of carbonyl (C=O) groups is 3. The summed E-state index contributed by atoms with van der Waals surface area (Å²) in [7, 11) is 1.35. The third-order valence-corrected chi connectivity index (χ3v) is 7.75. The molecule has 4 rings (SSSR count). The molecule has 0 N–H and O–H groups in total. The van der Waals surface area contributed by atoms with Crippen molar-refractivity contribution in [1.29, 1.82) is 0 Å². The van der Waals surface area contributed by atoms with E-state index in [4.69, 9.17) is 18.9 Å². The minimum Gasteiger partial charge on any atom is -0.482 e. The summed E-state index contributed by atoms with van der Waals surface area (Å²) < 4.78 is 22.1. The lowest BCUT2D eigenvalue weighted by molar-refractivity contribution is -0.145. The quantitative estimate of drug-likeness (QED) is 0.323. The molecule has 1 aliphatic heterocycles. The van der Waals surface area contributed by atoms with Crippen molar-refractivity contribution < 1.29 is 33.3 Å². The first-order chi connectivity index (χ1) is 17.0. The lowest BCUT2D eigenvalue weighted by Gasteiger charge is -2.33. The number of hydrogen-bond acceptors (Lipinski definition) is 7. The minimum absolute atomic E-state index is 0.117. The number of fused-ring (bicyclic) bond motifs is 4. The van der Waals surface area contributed by atoms with Crippen molar-refractivity contribution in [3.63, 3.8) is 0 Å². The van der Waals surface area contributed by atoms with E-state index in [1.54, 1.807) is 0 Å². The maximum Gasteiger partial charge on any atom is 0.343 e. The molecule has 0 amide bonds. The second kappa shape index (κ2) is 11.7. The second-order valence-corrected chi connectivity index (χ2v) is 9.93. The molecule has 7 nitrogen and oxygen atoms in total. The molecule has 1 saturated carbocycles. The Morgan fingerprint density at radius 1 is 1.03 bits per heavy atom. The van der Waals surface area contributed by atoms with Crippen LogP contribution in [0.2, 0.25) is 0 Å². The molecular weight excluding hydrogens is 448 g/mol. The number of benzene rings is 1. The molecule has 0 unspecified atom stereocenters. The molecule has 0 aromatic heterocycles. The summed E-state index contributed by atoms with van der Waals surface area (Å²) in [6.07, 6.45) is 10.3. The predicted octanol–water partition coefficient (Wildman–Crippen LogP) is 4.34. The van der Waals surface area contributed by atoms with Gasteiger partial charge in [-0.3, -0.25) is 0 Å². The molecule has 1 aromatic carbocycles. The number of rotatable bonds is 7. The average molecular weight is 485 g/mol. The fourth-order valence-corrected chi connectivity index (χ4v) is 6.03. The summed E-state index contributed by atoms with van der Waals surface area (Å²) in [6, 6.07) is 5.99. The predicted molar refractivity (Wildman–Crippen MR) is 129 cm³/mol. The van der Waals surface area contributed by atoms with Crippen LogP contribution in [0.15, 0.2) is 30.4 Å². The van der Waals surface area contributed by atoms with Gasteiger partial charge in [0, 0.05) is 12.2 Å². The summed E-state index contributed by atoms with van der Waals surface area (Å²) in [5.41, 5.74) is 2.36. The van der Waals surface area contributed by atoms with Crippen LogP contribution in [-0.2, 0) is 41.4 Å². The molecule has 7 heteroatoms. The van der Waals surface area contributed by atoms with E-state index in [9.17, 15) is 14.4 Å². The van der Waals surface area contributed by atoms with E-state index in [2.05, 4.69) is 13.0 Å². The third kappa shape index (κ3) is 6.24. The van der Waals surface area contributed by atoms with Crippen LogP contribution in [0.4, 0.5) is 0 Å². The highest BCUT2D eigenvalue weighted by Crippen LogP contribution is 2.49. The Morgan fingerprint density at radius 2 is 1.83 bits per heavy atom. The van der Waals surface area contributed by atoms with Gasteiger partial charge in [0.1, 0.15) is 18.0 Å². The van der Waals surface area contributed by atoms with Gasteiger partial charge >= 0.3 is 17.9 Å². The second-order valence-electron chi connectivity index (χ2n) is 9.93. The summed E-state index contributed by atoms with van der Waals surface area (Å²) in [6.45, 7) is 2.04. The summed E-state index contributed by atoms with van der Waals surface area (Å²) in [4.78, 5) is 36.3. The van der Waals surface area contributed by atoms with Crippen molar-refractivity contribution in [3.8, 4) is 5.75 Å². The smallest absolute Gasteiger partial charge is 0.343 e. The van der Waals surface area contributed by atoms with Crippen molar-refractivity contribution in [1.82, 2.24) is 0 Å². The molecule has 0 radical (unpaired) electrons. The van der Waals surface area contributed by atoms with E-state index < -0.39 is 17.9 Å². The van der Waals surface area contributed by atoms with Gasteiger partial charge in [0.2, 0.25) is 0 Å². The van der Waals surface area contributed by atoms with Crippen LogP contribution in [0.25, 0.3) is 0 Å². The van der Waals surface area contributed by atoms with Crippen LogP contribution in [0.3, 0.4) is 0 Å². The highest BCUT2D eigenvalue weighted by molar-refractivity contribution is 5.91. The topological polar surface area (TPSA) is 88.1 Å². The standard InChI is InChI=1S/C28H36O7/c1-3-4-5-8-20-10-11-21-22-14-18-7-6-9-24(33-17-28(31)32-2)23(18)15-19(22)16-25(21)35-27(30)13-12-26(29)34-20/h6-7,9,12-13,19-22,25H,3-5,8,10-11,14-17H2,1-2H3/b13-12-/t19-,20-,21+,22-,25+/m0/s1. The summed E-state index contributed by atoms with van der Waals surface area (Å²) in [5.74, 6) is 0.320. The molecule has 0 spiro atoms. The van der Waals surface area contributed by atoms with E-state index in [1.807, 2.05) is 12.1 Å². The van der Waals surface area contributed by atoms with Crippen molar-refractivity contribution in [2.75, 3.05) is 13.7 Å². The molecule has 3 aliphatic rings. The van der Waals surface area contributed by atoms with Crippen LogP contribution in [0.1, 0.15) is 63.0 Å². The van der Waals surface area contributed by atoms with Crippen LogP contribution in [-0.4, -0.2) is 43.8 Å². The van der Waals surface area contributed by atoms with Crippen LogP contribution < -0.4 is 4.74 Å². The molecular formula is C28H36O7. The Hall–Kier alpha value is -2.83. The maximum atomic E-state index is 12.5. The first-order valence-electron chi connectivity index (χ1n) is 12.9. The monoisotopic (exact) mass is 484 g/mol. The van der Waals surface area contributed by atoms with Crippen LogP contribution in [0.5, 0.6) is 5.75 Å². The first kappa shape index (κ1) is 25.3. The molecule has 0 saturated heterocycles. The maximum absolute atomic E-state index is 12.5. The lowest BCUT2D eigenvalue weighted by Crippen LogP contribution is -2.29. The van der Waals surface area contributed by atoms with Crippen molar-refractivity contribution in [3.05, 3.63) is 41.5 Å². The van der Waals surface area contributed by atoms with E-state index in [-0.39, 0.29) is 24.7 Å². The Bertz CT molecular complexity index is 953. The number of methoxy groups -OCH3 is 1. The Balaban J connectivity index is 1.52. The molecule has 0 bridgehead atoms. The fourth-order valence-electron chi connectivity index (χ4n) is 6.03. The molecule has 1 aromatic rings. The van der Waals surface area contributed by atoms with E-state index in [0.717, 1.165) is 69.1 Å². The molecule has 2 aliphatic carbocycles. The molecule has 1 heterocycles. The largest absolute Gasteiger partial charge is 0.482 e. The van der Waals surface area contributed by atoms with Crippen LogP contribution in [0, 0.1) is 17.8 Å². The van der Waals surface area contributed by atoms with Crippen molar-refractivity contribution >= 4 is 17.9 Å². The van der Waals surface area contributed by atoms with Gasteiger partial charge in [0.05, 0.1) is 7.11 Å². The van der Waals surface area contributed by atoms with Crippen LogP contribution >= 0.6 is 0 Å². The first-order valence-corrected chi connectivity index (χ1v) is 12.9. The Morgan fingerprint density at radius 3 is 2.60 bits per heavy atom. The normalized spacial score (nSPS) is 28.9. The van der Waals surface area contributed by atoms with Gasteiger partial charge in [0.25, 0.3) is 0 Å². The van der Waals surface area contributed by atoms with E-state index >= 15 is 0 Å². The number of carbonyl (C=O) groups excluding carboxylic acids is 3. The zero-order chi connectivity index (χ0) is 24.8. The zero-order valence-corrected chi connectivity index (χ0v) is 20.7. The van der Waals surface area contributed by atoms with Gasteiger partial charge < -0.3 is 18.9 Å². The molecule has 35 heavy (non-hydrogen) atoms. The van der Waals surface area contributed by atoms with Gasteiger partial charge in [-0.25, -0.2) is 14.4 Å². The molecule has 5 atom stereocenters. The highest BCUT2D eigenvalue weighted by atomic mass is 16.6. The number of cyclic esters (lactones) is 1. The lowest BCUT2D eigenvalue weighted by atomic mass is 9.73. The average Bonchev–Trinajstić information content (AvgIpc) is 3.17. The zero-order valence-electron chi connectivity index (χ0n) is 20.7. The van der Waals surface area contributed by atoms with E-state index in [0.29, 0.717) is 11.8 Å². The Kier molecular flexibility index (Phi) is 8.47. The van der Waals surface area contributed by atoms with Gasteiger partial charge in [-0.1, -0.05) is 31.9 Å². The van der Waals surface area contributed by atoms with Gasteiger partial charge in [-0.15, -0.1) is 0 Å². The number of esters is 3. The van der Waals surface area contributed by atoms with Crippen molar-refractivity contribution in [2.24, 2.45) is 17.8 Å².